The lowest BCUT2D eigenvalue weighted by Gasteiger charge is -2.09. The highest BCUT2D eigenvalue weighted by atomic mass is 16.5. The Kier molecular flexibility index (Phi) is 4.30. The minimum absolute atomic E-state index is 0.0759. The number of nitriles is 1. The molecule has 0 amide bonds. The van der Waals surface area contributed by atoms with Crippen molar-refractivity contribution in [3.63, 3.8) is 0 Å². The van der Waals surface area contributed by atoms with E-state index in [1.54, 1.807) is 18.2 Å². The molecule has 0 aromatic heterocycles. The van der Waals surface area contributed by atoms with Crippen LogP contribution in [0.3, 0.4) is 0 Å². The standard InChI is InChI=1S/C16H13NO2/c17-12-6-10-15(18)14-9-4-5-11-16(14)19-13-7-2-1-3-8-13/h1-5,7-9,11H,6,10H2. The smallest absolute Gasteiger partial charge is 0.167 e. The number of para-hydroxylation sites is 2. The first-order chi connectivity index (χ1) is 9.31. The zero-order valence-corrected chi connectivity index (χ0v) is 10.4. The molecule has 0 saturated heterocycles. The van der Waals surface area contributed by atoms with Crippen molar-refractivity contribution < 1.29 is 9.53 Å². The summed E-state index contributed by atoms with van der Waals surface area (Å²) in [5.74, 6) is 1.13. The monoisotopic (exact) mass is 251 g/mol. The number of Topliss-reactive ketones (excluding diaryl/α,β-unsaturated/α-hetero) is 1. The fraction of sp³-hybridized carbons (Fsp3) is 0.125. The van der Waals surface area contributed by atoms with Gasteiger partial charge in [-0.15, -0.1) is 0 Å². The second kappa shape index (κ2) is 6.36. The molecule has 0 saturated carbocycles. The van der Waals surface area contributed by atoms with Gasteiger partial charge >= 0.3 is 0 Å². The van der Waals surface area contributed by atoms with Gasteiger partial charge in [0.15, 0.2) is 5.78 Å². The van der Waals surface area contributed by atoms with E-state index in [1.807, 2.05) is 42.5 Å². The lowest BCUT2D eigenvalue weighted by molar-refractivity contribution is 0.0982. The van der Waals surface area contributed by atoms with Gasteiger partial charge in [-0.3, -0.25) is 4.79 Å². The molecular weight excluding hydrogens is 238 g/mol. The summed E-state index contributed by atoms with van der Waals surface area (Å²) in [5, 5.41) is 8.53. The van der Waals surface area contributed by atoms with Crippen LogP contribution in [0.2, 0.25) is 0 Å². The molecule has 0 fully saturated rings. The maximum Gasteiger partial charge on any atom is 0.167 e. The second-order valence-electron chi connectivity index (χ2n) is 3.99. The molecule has 2 aromatic rings. The zero-order valence-electron chi connectivity index (χ0n) is 10.4. The summed E-state index contributed by atoms with van der Waals surface area (Å²) >= 11 is 0. The van der Waals surface area contributed by atoms with Crippen molar-refractivity contribution in [1.82, 2.24) is 0 Å². The van der Waals surface area contributed by atoms with Gasteiger partial charge in [-0.1, -0.05) is 30.3 Å². The van der Waals surface area contributed by atoms with Gasteiger partial charge in [0.05, 0.1) is 11.6 Å². The van der Waals surface area contributed by atoms with Crippen molar-refractivity contribution in [2.45, 2.75) is 12.8 Å². The van der Waals surface area contributed by atoms with E-state index in [-0.39, 0.29) is 18.6 Å². The third-order valence-electron chi connectivity index (χ3n) is 2.62. The summed E-state index contributed by atoms with van der Waals surface area (Å²) in [4.78, 5) is 12.0. The number of carbonyl (C=O) groups excluding carboxylic acids is 1. The SMILES string of the molecule is N#CCCC(=O)c1ccccc1Oc1ccccc1. The Morgan fingerprint density at radius 1 is 1.05 bits per heavy atom. The average molecular weight is 251 g/mol. The van der Waals surface area contributed by atoms with E-state index in [1.165, 1.54) is 0 Å². The van der Waals surface area contributed by atoms with E-state index < -0.39 is 0 Å². The molecule has 3 heteroatoms. The molecule has 19 heavy (non-hydrogen) atoms. The van der Waals surface area contributed by atoms with Crippen molar-refractivity contribution in [3.8, 4) is 17.6 Å². The molecule has 3 nitrogen and oxygen atoms in total. The first-order valence-corrected chi connectivity index (χ1v) is 6.03. The number of carbonyl (C=O) groups is 1. The molecule has 0 aliphatic carbocycles. The van der Waals surface area contributed by atoms with Crippen LogP contribution in [0, 0.1) is 11.3 Å². The minimum atomic E-state index is -0.0759. The van der Waals surface area contributed by atoms with Gasteiger partial charge in [0.2, 0.25) is 0 Å². The Morgan fingerprint density at radius 2 is 1.74 bits per heavy atom. The predicted molar refractivity (Wildman–Crippen MR) is 72.1 cm³/mol. The normalized spacial score (nSPS) is 9.63. The summed E-state index contributed by atoms with van der Waals surface area (Å²) in [6, 6.07) is 18.4. The first-order valence-electron chi connectivity index (χ1n) is 6.03. The van der Waals surface area contributed by atoms with Gasteiger partial charge in [-0.2, -0.15) is 5.26 Å². The fourth-order valence-corrected chi connectivity index (χ4v) is 1.71. The molecule has 0 radical (unpaired) electrons. The van der Waals surface area contributed by atoms with Crippen molar-refractivity contribution in [3.05, 3.63) is 60.2 Å². The number of hydrogen-bond acceptors (Lipinski definition) is 3. The van der Waals surface area contributed by atoms with E-state index >= 15 is 0 Å². The summed E-state index contributed by atoms with van der Waals surface area (Å²) in [6.07, 6.45) is 0.435. The number of nitrogens with zero attached hydrogens (tertiary/aromatic N) is 1. The molecule has 0 N–H and O–H groups in total. The van der Waals surface area contributed by atoms with Gasteiger partial charge in [-0.25, -0.2) is 0 Å². The van der Waals surface area contributed by atoms with Gasteiger partial charge in [0.1, 0.15) is 11.5 Å². The summed E-state index contributed by atoms with van der Waals surface area (Å²) in [7, 11) is 0. The van der Waals surface area contributed by atoms with E-state index in [2.05, 4.69) is 0 Å². The van der Waals surface area contributed by atoms with Crippen LogP contribution >= 0.6 is 0 Å². The molecule has 0 spiro atoms. The van der Waals surface area contributed by atoms with Gasteiger partial charge < -0.3 is 4.74 Å². The molecule has 0 bridgehead atoms. The number of benzene rings is 2. The summed E-state index contributed by atoms with van der Waals surface area (Å²) in [5.41, 5.74) is 0.515. The van der Waals surface area contributed by atoms with Crippen LogP contribution in [-0.4, -0.2) is 5.78 Å². The van der Waals surface area contributed by atoms with Gasteiger partial charge in [-0.05, 0) is 24.3 Å². The van der Waals surface area contributed by atoms with Crippen molar-refractivity contribution in [2.24, 2.45) is 0 Å². The van der Waals surface area contributed by atoms with Crippen LogP contribution in [0.5, 0.6) is 11.5 Å². The molecule has 0 atom stereocenters. The Labute approximate surface area is 112 Å². The highest BCUT2D eigenvalue weighted by molar-refractivity contribution is 5.98. The molecular formula is C16H13NO2. The van der Waals surface area contributed by atoms with Crippen molar-refractivity contribution in [2.75, 3.05) is 0 Å². The Morgan fingerprint density at radius 3 is 2.47 bits per heavy atom. The van der Waals surface area contributed by atoms with Crippen molar-refractivity contribution in [1.29, 1.82) is 5.26 Å². The Balaban J connectivity index is 2.22. The quantitative estimate of drug-likeness (QED) is 0.755. The zero-order chi connectivity index (χ0) is 13.5. The minimum Gasteiger partial charge on any atom is -0.457 e. The average Bonchev–Trinajstić information content (AvgIpc) is 2.46. The van der Waals surface area contributed by atoms with E-state index in [0.717, 1.165) is 0 Å². The van der Waals surface area contributed by atoms with E-state index in [4.69, 9.17) is 10.00 Å². The fourth-order valence-electron chi connectivity index (χ4n) is 1.71. The second-order valence-corrected chi connectivity index (χ2v) is 3.99. The maximum atomic E-state index is 12.0. The molecule has 0 aliphatic rings. The van der Waals surface area contributed by atoms with Crippen LogP contribution < -0.4 is 4.74 Å². The molecule has 0 heterocycles. The molecule has 0 unspecified atom stereocenters. The van der Waals surface area contributed by atoms with E-state index in [0.29, 0.717) is 17.1 Å². The highest BCUT2D eigenvalue weighted by Crippen LogP contribution is 2.26. The maximum absolute atomic E-state index is 12.0. The Hall–Kier alpha value is -2.60. The lowest BCUT2D eigenvalue weighted by Crippen LogP contribution is -2.01. The van der Waals surface area contributed by atoms with Gasteiger partial charge in [0.25, 0.3) is 0 Å². The molecule has 94 valence electrons. The third-order valence-corrected chi connectivity index (χ3v) is 2.62. The number of ether oxygens (including phenoxy) is 1. The first kappa shape index (κ1) is 12.8. The molecule has 0 aliphatic heterocycles. The number of hydrogen-bond donors (Lipinski definition) is 0. The van der Waals surface area contributed by atoms with Crippen LogP contribution in [-0.2, 0) is 0 Å². The highest BCUT2D eigenvalue weighted by Gasteiger charge is 2.12. The lowest BCUT2D eigenvalue weighted by atomic mass is 10.1. The van der Waals surface area contributed by atoms with Crippen molar-refractivity contribution >= 4 is 5.78 Å². The third kappa shape index (κ3) is 3.43. The predicted octanol–water partition coefficient (Wildman–Crippen LogP) is 3.97. The number of ketones is 1. The summed E-state index contributed by atoms with van der Waals surface area (Å²) < 4.78 is 5.71. The molecule has 2 aromatic carbocycles. The van der Waals surface area contributed by atoms with Crippen LogP contribution in [0.1, 0.15) is 23.2 Å². The number of rotatable bonds is 5. The largest absolute Gasteiger partial charge is 0.457 e. The summed E-state index contributed by atoms with van der Waals surface area (Å²) in [6.45, 7) is 0. The van der Waals surface area contributed by atoms with Crippen LogP contribution in [0.4, 0.5) is 0 Å². The van der Waals surface area contributed by atoms with Gasteiger partial charge in [0, 0.05) is 12.8 Å². The topological polar surface area (TPSA) is 50.1 Å². The Bertz CT molecular complexity index is 600. The van der Waals surface area contributed by atoms with Crippen LogP contribution in [0.25, 0.3) is 0 Å². The van der Waals surface area contributed by atoms with Crippen LogP contribution in [0.15, 0.2) is 54.6 Å². The molecule has 2 rings (SSSR count). The van der Waals surface area contributed by atoms with E-state index in [9.17, 15) is 4.79 Å².